The first-order valence-electron chi connectivity index (χ1n) is 8.68. The topological polar surface area (TPSA) is 70.7 Å². The summed E-state index contributed by atoms with van der Waals surface area (Å²) in [6.07, 6.45) is 1.80. The summed E-state index contributed by atoms with van der Waals surface area (Å²) in [6.45, 7) is 2.49. The molecule has 4 rings (SSSR count). The second-order valence-electron chi connectivity index (χ2n) is 5.79. The maximum absolute atomic E-state index is 13.4. The van der Waals surface area contributed by atoms with Gasteiger partial charge in [0.05, 0.1) is 18.0 Å². The van der Waals surface area contributed by atoms with Crippen LogP contribution in [0, 0.1) is 5.82 Å². The van der Waals surface area contributed by atoms with E-state index in [0.29, 0.717) is 23.2 Å². The summed E-state index contributed by atoms with van der Waals surface area (Å²) in [7, 11) is 0. The molecule has 9 heteroatoms. The Morgan fingerprint density at radius 3 is 2.86 bits per heavy atom. The van der Waals surface area contributed by atoms with E-state index in [2.05, 4.69) is 20.6 Å². The molecule has 142 valence electrons. The van der Waals surface area contributed by atoms with Crippen LogP contribution in [0.25, 0.3) is 11.4 Å². The molecule has 0 radical (unpaired) electrons. The van der Waals surface area contributed by atoms with Gasteiger partial charge in [0, 0.05) is 11.9 Å². The third kappa shape index (κ3) is 3.89. The van der Waals surface area contributed by atoms with Crippen molar-refractivity contribution in [2.75, 3.05) is 6.61 Å². The van der Waals surface area contributed by atoms with Crippen molar-refractivity contribution in [3.8, 4) is 17.1 Å². The number of thioether (sulfide) groups is 1. The first kappa shape index (κ1) is 18.2. The Labute approximate surface area is 165 Å². The highest BCUT2D eigenvalue weighted by Crippen LogP contribution is 2.27. The first-order valence-corrected chi connectivity index (χ1v) is 9.67. The quantitative estimate of drug-likeness (QED) is 0.444. The van der Waals surface area contributed by atoms with Gasteiger partial charge in [-0.1, -0.05) is 30.0 Å². The zero-order chi connectivity index (χ0) is 19.3. The minimum Gasteiger partial charge on any atom is -0.492 e. The van der Waals surface area contributed by atoms with Crippen molar-refractivity contribution in [2.45, 2.75) is 17.8 Å². The van der Waals surface area contributed by atoms with Crippen LogP contribution in [-0.2, 0) is 5.75 Å². The number of ether oxygens (including phenoxy) is 1. The van der Waals surface area contributed by atoms with Crippen LogP contribution in [0.5, 0.6) is 5.75 Å². The molecule has 4 aromatic rings. The molecule has 7 nitrogen and oxygen atoms in total. The molecular weight excluding hydrogens is 379 g/mol. The van der Waals surface area contributed by atoms with Crippen LogP contribution in [0.4, 0.5) is 4.39 Å². The van der Waals surface area contributed by atoms with Gasteiger partial charge in [-0.15, -0.1) is 5.10 Å². The number of hydrogen-bond acceptors (Lipinski definition) is 6. The number of aromatic nitrogens is 6. The van der Waals surface area contributed by atoms with Crippen molar-refractivity contribution in [1.29, 1.82) is 0 Å². The van der Waals surface area contributed by atoms with E-state index in [1.165, 1.54) is 23.9 Å². The monoisotopic (exact) mass is 396 g/mol. The number of benzene rings is 2. The number of rotatable bonds is 7. The number of hydrogen-bond donors (Lipinski definition) is 0. The molecule has 0 bridgehead atoms. The van der Waals surface area contributed by atoms with E-state index >= 15 is 0 Å². The fourth-order valence-electron chi connectivity index (χ4n) is 2.67. The van der Waals surface area contributed by atoms with Gasteiger partial charge in [-0.05, 0) is 53.7 Å². The van der Waals surface area contributed by atoms with Gasteiger partial charge < -0.3 is 4.74 Å². The Bertz CT molecular complexity index is 1080. The van der Waals surface area contributed by atoms with Gasteiger partial charge in [0.1, 0.15) is 17.3 Å². The molecule has 0 aliphatic rings. The van der Waals surface area contributed by atoms with E-state index in [4.69, 9.17) is 4.74 Å². The molecule has 0 fully saturated rings. The molecule has 2 aromatic carbocycles. The highest BCUT2D eigenvalue weighted by Gasteiger charge is 2.14. The number of nitrogens with zero attached hydrogens (tertiary/aromatic N) is 6. The molecule has 0 amide bonds. The maximum Gasteiger partial charge on any atom is 0.214 e. The Kier molecular flexibility index (Phi) is 5.34. The molecular formula is C19H17FN6OS. The van der Waals surface area contributed by atoms with Crippen molar-refractivity contribution in [1.82, 2.24) is 30.0 Å². The summed E-state index contributed by atoms with van der Waals surface area (Å²) in [6, 6.07) is 15.8. The lowest BCUT2D eigenvalue weighted by molar-refractivity contribution is 0.337. The molecule has 2 aromatic heterocycles. The van der Waals surface area contributed by atoms with Crippen LogP contribution in [-0.4, -0.2) is 36.6 Å². The highest BCUT2D eigenvalue weighted by atomic mass is 32.2. The predicted molar refractivity (Wildman–Crippen MR) is 103 cm³/mol. The van der Waals surface area contributed by atoms with E-state index in [-0.39, 0.29) is 5.82 Å². The fourth-order valence-corrected chi connectivity index (χ4v) is 3.45. The predicted octanol–water partition coefficient (Wildman–Crippen LogP) is 3.68. The third-order valence-corrected chi connectivity index (χ3v) is 4.85. The third-order valence-electron chi connectivity index (χ3n) is 3.90. The number of tetrazole rings is 1. The van der Waals surface area contributed by atoms with Crippen molar-refractivity contribution in [3.05, 3.63) is 72.3 Å². The van der Waals surface area contributed by atoms with Crippen molar-refractivity contribution in [3.63, 3.8) is 0 Å². The van der Waals surface area contributed by atoms with Crippen LogP contribution in [0.2, 0.25) is 0 Å². The Hall–Kier alpha value is -3.20. The lowest BCUT2D eigenvalue weighted by Gasteiger charge is -2.10. The lowest BCUT2D eigenvalue weighted by Crippen LogP contribution is -2.03. The highest BCUT2D eigenvalue weighted by molar-refractivity contribution is 7.98. The number of para-hydroxylation sites is 2. The zero-order valence-electron chi connectivity index (χ0n) is 15.1. The second kappa shape index (κ2) is 8.22. The van der Waals surface area contributed by atoms with E-state index in [9.17, 15) is 4.39 Å². The van der Waals surface area contributed by atoms with Crippen molar-refractivity contribution in [2.24, 2.45) is 0 Å². The molecule has 28 heavy (non-hydrogen) atoms. The summed E-state index contributed by atoms with van der Waals surface area (Å²) >= 11 is 1.46. The second-order valence-corrected chi connectivity index (χ2v) is 6.74. The van der Waals surface area contributed by atoms with E-state index in [0.717, 1.165) is 17.1 Å². The maximum atomic E-state index is 13.4. The minimum absolute atomic E-state index is 0.295. The first-order chi connectivity index (χ1) is 13.7. The van der Waals surface area contributed by atoms with Crippen LogP contribution in [0.3, 0.4) is 0 Å². The molecule has 0 aliphatic carbocycles. The molecule has 0 aliphatic heterocycles. The Balaban J connectivity index is 1.51. The molecule has 0 atom stereocenters. The van der Waals surface area contributed by atoms with Gasteiger partial charge in [-0.3, -0.25) is 0 Å². The zero-order valence-corrected chi connectivity index (χ0v) is 15.9. The van der Waals surface area contributed by atoms with Crippen LogP contribution < -0.4 is 4.74 Å². The molecule has 0 unspecified atom stereocenters. The standard InChI is InChI=1S/C19H17FN6OS/c1-2-27-18-9-4-3-8-17(18)26-19(21-23-24-26)28-13-15-10-11-25(22-15)16-7-5-6-14(20)12-16/h3-12H,2,13H2,1H3. The Morgan fingerprint density at radius 2 is 2.00 bits per heavy atom. The summed E-state index contributed by atoms with van der Waals surface area (Å²) in [5, 5.41) is 17.1. The normalized spacial score (nSPS) is 10.9. The minimum atomic E-state index is -0.295. The molecule has 0 spiro atoms. The summed E-state index contributed by atoms with van der Waals surface area (Å²) in [5.41, 5.74) is 2.29. The molecule has 0 saturated heterocycles. The van der Waals surface area contributed by atoms with Gasteiger partial charge in [0.15, 0.2) is 0 Å². The molecule has 2 heterocycles. The van der Waals surface area contributed by atoms with E-state index in [1.807, 2.05) is 37.3 Å². The van der Waals surface area contributed by atoms with Crippen LogP contribution in [0.1, 0.15) is 12.6 Å². The largest absolute Gasteiger partial charge is 0.492 e. The van der Waals surface area contributed by atoms with E-state index in [1.54, 1.807) is 27.7 Å². The molecule has 0 N–H and O–H groups in total. The average Bonchev–Trinajstić information content (AvgIpc) is 3.37. The summed E-state index contributed by atoms with van der Waals surface area (Å²) < 4.78 is 22.4. The summed E-state index contributed by atoms with van der Waals surface area (Å²) in [4.78, 5) is 0. The SMILES string of the molecule is CCOc1ccccc1-n1nnnc1SCc1ccn(-c2cccc(F)c2)n1. The van der Waals surface area contributed by atoms with Crippen LogP contribution in [0.15, 0.2) is 66.0 Å². The van der Waals surface area contributed by atoms with Crippen molar-refractivity contribution < 1.29 is 9.13 Å². The number of halogens is 1. The van der Waals surface area contributed by atoms with Gasteiger partial charge in [0.2, 0.25) is 5.16 Å². The average molecular weight is 396 g/mol. The van der Waals surface area contributed by atoms with Gasteiger partial charge in [0.25, 0.3) is 0 Å². The fraction of sp³-hybridized carbons (Fsp3) is 0.158. The van der Waals surface area contributed by atoms with Crippen LogP contribution >= 0.6 is 11.8 Å². The van der Waals surface area contributed by atoms with Gasteiger partial charge >= 0.3 is 0 Å². The molecule has 0 saturated carbocycles. The summed E-state index contributed by atoms with van der Waals surface area (Å²) in [5.74, 6) is 0.991. The smallest absolute Gasteiger partial charge is 0.214 e. The Morgan fingerprint density at radius 1 is 1.11 bits per heavy atom. The van der Waals surface area contributed by atoms with Gasteiger partial charge in [-0.2, -0.15) is 9.78 Å². The van der Waals surface area contributed by atoms with Gasteiger partial charge in [-0.25, -0.2) is 9.07 Å². The van der Waals surface area contributed by atoms with E-state index < -0.39 is 0 Å². The lowest BCUT2D eigenvalue weighted by atomic mass is 10.3. The van der Waals surface area contributed by atoms with Crippen molar-refractivity contribution >= 4 is 11.8 Å².